The Morgan fingerprint density at radius 1 is 1.29 bits per heavy atom. The summed E-state index contributed by atoms with van der Waals surface area (Å²) in [5, 5.41) is 0. The van der Waals surface area contributed by atoms with Crippen LogP contribution >= 0.6 is 0 Å². The van der Waals surface area contributed by atoms with Crippen molar-refractivity contribution in [3.8, 4) is 0 Å². The fourth-order valence-corrected chi connectivity index (χ4v) is 0.882. The molecule has 0 aliphatic carbocycles. The number of hydrogen-bond donors (Lipinski definition) is 0. The molecule has 0 aliphatic rings. The zero-order valence-electron chi connectivity index (χ0n) is 7.93. The monoisotopic (exact) mass is 184 g/mol. The van der Waals surface area contributed by atoms with Gasteiger partial charge in [-0.1, -0.05) is 18.7 Å². The van der Waals surface area contributed by atoms with Crippen molar-refractivity contribution in [3.63, 3.8) is 0 Å². The van der Waals surface area contributed by atoms with E-state index >= 15 is 0 Å². The minimum atomic E-state index is 0.884. The van der Waals surface area contributed by atoms with Gasteiger partial charge in [-0.05, 0) is 36.1 Å². The summed E-state index contributed by atoms with van der Waals surface area (Å²) in [6.07, 6.45) is 10.8. The third-order valence-electron chi connectivity index (χ3n) is 1.59. The Balaban J connectivity index is 2.60. The van der Waals surface area contributed by atoms with Gasteiger partial charge in [-0.3, -0.25) is 9.98 Å². The summed E-state index contributed by atoms with van der Waals surface area (Å²) in [4.78, 5) is 7.52. The summed E-state index contributed by atoms with van der Waals surface area (Å²) in [6.45, 7) is 7.17. The van der Waals surface area contributed by atoms with Gasteiger partial charge < -0.3 is 0 Å². The summed E-state index contributed by atoms with van der Waals surface area (Å²) in [5.74, 6) is 0. The van der Waals surface area contributed by atoms with Gasteiger partial charge in [0.25, 0.3) is 0 Å². The number of nitrogens with zero attached hydrogens (tertiary/aromatic N) is 2. The summed E-state index contributed by atoms with van der Waals surface area (Å²) in [5.41, 5.74) is 1.98. The van der Waals surface area contributed by atoms with Gasteiger partial charge in [0.2, 0.25) is 0 Å². The van der Waals surface area contributed by atoms with Crippen molar-refractivity contribution in [1.29, 1.82) is 0 Å². The van der Waals surface area contributed by atoms with Crippen LogP contribution in [0.15, 0.2) is 60.0 Å². The Bertz CT molecular complexity index is 361. The molecule has 0 amide bonds. The Labute approximate surface area is 84.0 Å². The fourth-order valence-electron chi connectivity index (χ4n) is 0.882. The number of hydrogen-bond acceptors (Lipinski definition) is 2. The van der Waals surface area contributed by atoms with Crippen LogP contribution in [-0.2, 0) is 0 Å². The van der Waals surface area contributed by atoms with Gasteiger partial charge in [0, 0.05) is 18.6 Å². The highest BCUT2D eigenvalue weighted by atomic mass is 14.6. The van der Waals surface area contributed by atoms with Gasteiger partial charge in [-0.2, -0.15) is 0 Å². The van der Waals surface area contributed by atoms with Crippen LogP contribution in [-0.4, -0.2) is 11.7 Å². The van der Waals surface area contributed by atoms with E-state index in [1.54, 1.807) is 24.7 Å². The minimum Gasteiger partial charge on any atom is -0.272 e. The molecule has 1 heterocycles. The number of rotatable bonds is 4. The smallest absolute Gasteiger partial charge is 0.0273 e. The lowest BCUT2D eigenvalue weighted by molar-refractivity contribution is 1.32. The van der Waals surface area contributed by atoms with Crippen LogP contribution < -0.4 is 0 Å². The molecule has 1 aromatic heterocycles. The molecule has 1 aromatic rings. The van der Waals surface area contributed by atoms with Crippen LogP contribution in [0.5, 0.6) is 0 Å². The standard InChI is InChI=1S/C12H12N2/c1-11(5-8-13-2)3-4-12-6-9-14-10-7-12/h3-10H,1-2H2/b4-3+,8-5-. The summed E-state index contributed by atoms with van der Waals surface area (Å²) in [6, 6.07) is 3.86. The van der Waals surface area contributed by atoms with Crippen LogP contribution in [0, 0.1) is 0 Å². The Morgan fingerprint density at radius 2 is 2.00 bits per heavy atom. The third kappa shape index (κ3) is 3.63. The summed E-state index contributed by atoms with van der Waals surface area (Å²) < 4.78 is 0. The largest absolute Gasteiger partial charge is 0.272 e. The molecule has 0 atom stereocenters. The second-order valence-corrected chi connectivity index (χ2v) is 2.69. The van der Waals surface area contributed by atoms with E-state index in [0.717, 1.165) is 11.1 Å². The SMILES string of the molecule is C=N/C=C\C(=C)/C=C/c1ccncc1. The molecule has 0 N–H and O–H groups in total. The van der Waals surface area contributed by atoms with E-state index in [2.05, 4.69) is 23.3 Å². The van der Waals surface area contributed by atoms with Gasteiger partial charge in [0.05, 0.1) is 0 Å². The van der Waals surface area contributed by atoms with E-state index in [1.165, 1.54) is 0 Å². The van der Waals surface area contributed by atoms with Crippen molar-refractivity contribution in [1.82, 2.24) is 4.98 Å². The van der Waals surface area contributed by atoms with Crippen molar-refractivity contribution < 1.29 is 0 Å². The molecule has 0 aliphatic heterocycles. The molecule has 0 radical (unpaired) electrons. The Morgan fingerprint density at radius 3 is 2.64 bits per heavy atom. The van der Waals surface area contributed by atoms with Crippen LogP contribution in [0.3, 0.4) is 0 Å². The molecule has 70 valence electrons. The number of aromatic nitrogens is 1. The van der Waals surface area contributed by atoms with E-state index in [-0.39, 0.29) is 0 Å². The predicted molar refractivity (Wildman–Crippen MR) is 61.1 cm³/mol. The second-order valence-electron chi connectivity index (χ2n) is 2.69. The Hall–Kier alpha value is -1.96. The van der Waals surface area contributed by atoms with Gasteiger partial charge >= 0.3 is 0 Å². The molecule has 0 fully saturated rings. The molecule has 0 unspecified atom stereocenters. The molecular weight excluding hydrogens is 172 g/mol. The maximum absolute atomic E-state index is 3.93. The highest BCUT2D eigenvalue weighted by Gasteiger charge is 1.83. The lowest BCUT2D eigenvalue weighted by Crippen LogP contribution is -1.73. The average molecular weight is 184 g/mol. The molecule has 2 heteroatoms. The second kappa shape index (κ2) is 5.65. The first-order valence-electron chi connectivity index (χ1n) is 4.22. The lowest BCUT2D eigenvalue weighted by atomic mass is 10.2. The van der Waals surface area contributed by atoms with Crippen molar-refractivity contribution in [2.45, 2.75) is 0 Å². The van der Waals surface area contributed by atoms with E-state index in [0.29, 0.717) is 0 Å². The van der Waals surface area contributed by atoms with E-state index in [9.17, 15) is 0 Å². The van der Waals surface area contributed by atoms with E-state index < -0.39 is 0 Å². The molecule has 14 heavy (non-hydrogen) atoms. The zero-order chi connectivity index (χ0) is 10.2. The third-order valence-corrected chi connectivity index (χ3v) is 1.59. The van der Waals surface area contributed by atoms with Crippen molar-refractivity contribution in [3.05, 3.63) is 60.6 Å². The normalized spacial score (nSPS) is 10.9. The lowest BCUT2D eigenvalue weighted by Gasteiger charge is -1.91. The number of pyridine rings is 1. The molecule has 0 aromatic carbocycles. The maximum atomic E-state index is 3.93. The van der Waals surface area contributed by atoms with E-state index in [1.807, 2.05) is 24.3 Å². The first-order valence-corrected chi connectivity index (χ1v) is 4.22. The highest BCUT2D eigenvalue weighted by Crippen LogP contribution is 2.03. The van der Waals surface area contributed by atoms with Crippen LogP contribution in [0.4, 0.5) is 0 Å². The molecule has 2 nitrogen and oxygen atoms in total. The molecule has 0 saturated heterocycles. The van der Waals surface area contributed by atoms with Gasteiger partial charge in [0.15, 0.2) is 0 Å². The predicted octanol–water partition coefficient (Wildman–Crippen LogP) is 2.87. The summed E-state index contributed by atoms with van der Waals surface area (Å²) in [7, 11) is 0. The van der Waals surface area contributed by atoms with Gasteiger partial charge in [-0.25, -0.2) is 0 Å². The van der Waals surface area contributed by atoms with Crippen LogP contribution in [0.2, 0.25) is 0 Å². The minimum absolute atomic E-state index is 0.884. The van der Waals surface area contributed by atoms with Crippen LogP contribution in [0.1, 0.15) is 5.56 Å². The average Bonchev–Trinajstić information content (AvgIpc) is 2.25. The van der Waals surface area contributed by atoms with Crippen molar-refractivity contribution >= 4 is 12.8 Å². The first-order chi connectivity index (χ1) is 6.83. The fraction of sp³-hybridized carbons (Fsp3) is 0. The van der Waals surface area contributed by atoms with Gasteiger partial charge in [-0.15, -0.1) is 0 Å². The topological polar surface area (TPSA) is 25.2 Å². The molecule has 0 bridgehead atoms. The zero-order valence-corrected chi connectivity index (χ0v) is 7.93. The number of aliphatic imine (C=N–C) groups is 1. The molecule has 0 spiro atoms. The maximum Gasteiger partial charge on any atom is 0.0273 e. The van der Waals surface area contributed by atoms with Crippen molar-refractivity contribution in [2.75, 3.05) is 0 Å². The Kier molecular flexibility index (Phi) is 4.08. The first kappa shape index (κ1) is 10.1. The van der Waals surface area contributed by atoms with Gasteiger partial charge in [0.1, 0.15) is 0 Å². The van der Waals surface area contributed by atoms with Crippen molar-refractivity contribution in [2.24, 2.45) is 4.99 Å². The quantitative estimate of drug-likeness (QED) is 0.521. The van der Waals surface area contributed by atoms with E-state index in [4.69, 9.17) is 0 Å². The highest BCUT2D eigenvalue weighted by molar-refractivity contribution is 5.53. The molecular formula is C12H12N2. The molecule has 1 rings (SSSR count). The number of allylic oxidation sites excluding steroid dienone is 3. The summed E-state index contributed by atoms with van der Waals surface area (Å²) >= 11 is 0. The van der Waals surface area contributed by atoms with Crippen LogP contribution in [0.25, 0.3) is 6.08 Å². The molecule has 0 saturated carbocycles.